The van der Waals surface area contributed by atoms with Crippen LogP contribution in [-0.2, 0) is 28.6 Å². The lowest BCUT2D eigenvalue weighted by atomic mass is 10.0. The molecule has 0 saturated heterocycles. The summed E-state index contributed by atoms with van der Waals surface area (Å²) in [5, 5.41) is 0. The van der Waals surface area contributed by atoms with E-state index in [9.17, 15) is 14.4 Å². The highest BCUT2D eigenvalue weighted by molar-refractivity contribution is 5.71. The molecule has 0 spiro atoms. The summed E-state index contributed by atoms with van der Waals surface area (Å²) in [6.45, 7) is 6.48. The van der Waals surface area contributed by atoms with Gasteiger partial charge in [-0.25, -0.2) is 0 Å². The van der Waals surface area contributed by atoms with E-state index in [1.54, 1.807) is 0 Å². The average molecular weight is 921 g/mol. The highest BCUT2D eigenvalue weighted by Gasteiger charge is 2.19. The smallest absolute Gasteiger partial charge is 0.306 e. The second-order valence-electron chi connectivity index (χ2n) is 18.5. The Morgan fingerprint density at radius 3 is 0.924 bits per heavy atom. The van der Waals surface area contributed by atoms with Crippen molar-refractivity contribution in [3.63, 3.8) is 0 Å². The van der Waals surface area contributed by atoms with Crippen molar-refractivity contribution in [2.75, 3.05) is 13.2 Å². The first-order valence-corrected chi connectivity index (χ1v) is 27.9. The molecule has 0 heterocycles. The van der Waals surface area contributed by atoms with E-state index in [0.717, 1.165) is 77.0 Å². The van der Waals surface area contributed by atoms with Gasteiger partial charge in [0.1, 0.15) is 13.2 Å². The Morgan fingerprint density at radius 1 is 0.318 bits per heavy atom. The number of carbonyl (C=O) groups excluding carboxylic acids is 3. The Hall–Kier alpha value is -3.15. The summed E-state index contributed by atoms with van der Waals surface area (Å²) in [5.74, 6) is -0.973. The van der Waals surface area contributed by atoms with E-state index in [1.807, 2.05) is 6.08 Å². The second-order valence-corrected chi connectivity index (χ2v) is 18.5. The molecule has 0 aliphatic rings. The Labute approximate surface area is 408 Å². The largest absolute Gasteiger partial charge is 0.462 e. The van der Waals surface area contributed by atoms with Gasteiger partial charge in [-0.2, -0.15) is 0 Å². The van der Waals surface area contributed by atoms with Crippen molar-refractivity contribution in [1.82, 2.24) is 0 Å². The zero-order valence-corrected chi connectivity index (χ0v) is 43.4. The van der Waals surface area contributed by atoms with Gasteiger partial charge in [-0.1, -0.05) is 267 Å². The Morgan fingerprint density at radius 2 is 0.591 bits per heavy atom. The Balaban J connectivity index is 4.43. The quantitative estimate of drug-likeness (QED) is 0.0262. The highest BCUT2D eigenvalue weighted by Crippen LogP contribution is 2.16. The van der Waals surface area contributed by atoms with Gasteiger partial charge in [0.2, 0.25) is 0 Å². The van der Waals surface area contributed by atoms with Crippen LogP contribution in [0.4, 0.5) is 0 Å². The third kappa shape index (κ3) is 51.8. The maximum atomic E-state index is 12.8. The van der Waals surface area contributed by atoms with E-state index in [4.69, 9.17) is 14.2 Å². The maximum Gasteiger partial charge on any atom is 0.306 e. The molecular formula is C60H104O6. The van der Waals surface area contributed by atoms with Crippen LogP contribution >= 0.6 is 0 Å². The molecule has 0 saturated carbocycles. The van der Waals surface area contributed by atoms with E-state index in [2.05, 4.69) is 87.6 Å². The molecule has 6 nitrogen and oxygen atoms in total. The lowest BCUT2D eigenvalue weighted by Gasteiger charge is -2.18. The van der Waals surface area contributed by atoms with Crippen LogP contribution in [0.25, 0.3) is 0 Å². The minimum Gasteiger partial charge on any atom is -0.462 e. The number of rotatable bonds is 50. The van der Waals surface area contributed by atoms with Gasteiger partial charge in [-0.3, -0.25) is 14.4 Å². The van der Waals surface area contributed by atoms with Crippen LogP contribution in [0.2, 0.25) is 0 Å². The second kappa shape index (κ2) is 54.5. The average Bonchev–Trinajstić information content (AvgIpc) is 3.31. The van der Waals surface area contributed by atoms with Crippen LogP contribution in [0.3, 0.4) is 0 Å². The van der Waals surface area contributed by atoms with E-state index >= 15 is 0 Å². The first-order chi connectivity index (χ1) is 32.5. The molecule has 0 aromatic carbocycles. The molecule has 0 unspecified atom stereocenters. The van der Waals surface area contributed by atoms with Crippen molar-refractivity contribution < 1.29 is 28.6 Å². The van der Waals surface area contributed by atoms with E-state index < -0.39 is 6.10 Å². The van der Waals surface area contributed by atoms with Crippen LogP contribution in [0.15, 0.2) is 72.9 Å². The standard InChI is InChI=1S/C60H104O6/c1-4-7-10-13-16-19-22-25-27-29-30-32-34-36-39-41-44-47-50-53-59(62)65-56-57(66-60(63)54-51-48-45-42-37-24-21-18-15-12-9-6-3)55-64-58(61)52-49-46-43-40-38-35-33-31-28-26-23-20-17-14-11-8-5-2/h7,10,16,19,25,27,30,32,36,39,44,47,57H,4-6,8-9,11-15,17-18,20-24,26,28-29,31,33-35,37-38,40-43,45-46,48-56H2,1-3H3/b10-7-,19-16-,27-25-,32-30-,39-36-,47-44-/t57-/m0/s1. The Kier molecular flexibility index (Phi) is 51.9. The summed E-state index contributed by atoms with van der Waals surface area (Å²) in [6.07, 6.45) is 69.0. The van der Waals surface area contributed by atoms with Gasteiger partial charge in [0.15, 0.2) is 6.10 Å². The molecule has 0 amide bonds. The first kappa shape index (κ1) is 62.8. The molecule has 6 heteroatoms. The predicted octanol–water partition coefficient (Wildman–Crippen LogP) is 18.6. The minimum atomic E-state index is -0.802. The summed E-state index contributed by atoms with van der Waals surface area (Å²) >= 11 is 0. The van der Waals surface area contributed by atoms with Gasteiger partial charge in [0.05, 0.1) is 0 Å². The zero-order chi connectivity index (χ0) is 47.9. The van der Waals surface area contributed by atoms with Crippen LogP contribution < -0.4 is 0 Å². The monoisotopic (exact) mass is 921 g/mol. The molecule has 0 N–H and O–H groups in total. The van der Waals surface area contributed by atoms with E-state index in [0.29, 0.717) is 19.3 Å². The molecular weight excluding hydrogens is 817 g/mol. The topological polar surface area (TPSA) is 78.9 Å². The first-order valence-electron chi connectivity index (χ1n) is 27.9. The van der Waals surface area contributed by atoms with Crippen molar-refractivity contribution in [2.45, 2.75) is 277 Å². The summed E-state index contributed by atoms with van der Waals surface area (Å²) in [4.78, 5) is 38.0. The van der Waals surface area contributed by atoms with Gasteiger partial charge in [-0.05, 0) is 57.8 Å². The summed E-state index contributed by atoms with van der Waals surface area (Å²) < 4.78 is 16.8. The van der Waals surface area contributed by atoms with Crippen molar-refractivity contribution in [1.29, 1.82) is 0 Å². The molecule has 0 radical (unpaired) electrons. The third-order valence-corrected chi connectivity index (χ3v) is 12.0. The van der Waals surface area contributed by atoms with Gasteiger partial charge < -0.3 is 14.2 Å². The number of allylic oxidation sites excluding steroid dienone is 12. The predicted molar refractivity (Wildman–Crippen MR) is 284 cm³/mol. The zero-order valence-electron chi connectivity index (χ0n) is 43.4. The highest BCUT2D eigenvalue weighted by atomic mass is 16.6. The van der Waals surface area contributed by atoms with Crippen molar-refractivity contribution in [3.05, 3.63) is 72.9 Å². The fourth-order valence-corrected chi connectivity index (χ4v) is 7.82. The lowest BCUT2D eigenvalue weighted by Crippen LogP contribution is -2.30. The normalized spacial score (nSPS) is 12.6. The SMILES string of the molecule is CC/C=C\C/C=C\C/C=C\C/C=C\C/C=C\C/C=C\CCC(=O)OC[C@H](COC(=O)CCCCCCCCCCCCCCCCCCC)OC(=O)CCCCCCCCCCCCCC. The fourth-order valence-electron chi connectivity index (χ4n) is 7.82. The van der Waals surface area contributed by atoms with Gasteiger partial charge in [0, 0.05) is 19.3 Å². The summed E-state index contributed by atoms with van der Waals surface area (Å²) in [6, 6.07) is 0. The van der Waals surface area contributed by atoms with Crippen LogP contribution in [0.1, 0.15) is 271 Å². The summed E-state index contributed by atoms with van der Waals surface area (Å²) in [7, 11) is 0. The minimum absolute atomic E-state index is 0.0948. The molecule has 1 atom stereocenters. The number of carbonyl (C=O) groups is 3. The summed E-state index contributed by atoms with van der Waals surface area (Å²) in [5.41, 5.74) is 0. The number of ether oxygens (including phenoxy) is 3. The van der Waals surface area contributed by atoms with Crippen LogP contribution in [0.5, 0.6) is 0 Å². The molecule has 0 aliphatic carbocycles. The van der Waals surface area contributed by atoms with E-state index in [-0.39, 0.29) is 37.5 Å². The van der Waals surface area contributed by atoms with Gasteiger partial charge >= 0.3 is 17.9 Å². The number of hydrogen-bond acceptors (Lipinski definition) is 6. The molecule has 0 aromatic rings. The molecule has 0 rings (SSSR count). The van der Waals surface area contributed by atoms with Gasteiger partial charge in [-0.15, -0.1) is 0 Å². The van der Waals surface area contributed by atoms with E-state index in [1.165, 1.54) is 148 Å². The van der Waals surface area contributed by atoms with Crippen molar-refractivity contribution in [2.24, 2.45) is 0 Å². The van der Waals surface area contributed by atoms with Crippen molar-refractivity contribution in [3.8, 4) is 0 Å². The fraction of sp³-hybridized carbons (Fsp3) is 0.750. The Bertz CT molecular complexity index is 1240. The molecule has 66 heavy (non-hydrogen) atoms. The number of hydrogen-bond donors (Lipinski definition) is 0. The maximum absolute atomic E-state index is 12.8. The van der Waals surface area contributed by atoms with Crippen LogP contribution in [-0.4, -0.2) is 37.2 Å². The molecule has 0 bridgehead atoms. The third-order valence-electron chi connectivity index (χ3n) is 12.0. The molecule has 0 aromatic heterocycles. The van der Waals surface area contributed by atoms with Gasteiger partial charge in [0.25, 0.3) is 0 Å². The van der Waals surface area contributed by atoms with Crippen molar-refractivity contribution >= 4 is 17.9 Å². The van der Waals surface area contributed by atoms with Crippen LogP contribution in [0, 0.1) is 0 Å². The number of unbranched alkanes of at least 4 members (excludes halogenated alkanes) is 27. The molecule has 380 valence electrons. The molecule has 0 aliphatic heterocycles. The number of esters is 3. The molecule has 0 fully saturated rings. The lowest BCUT2D eigenvalue weighted by molar-refractivity contribution is -0.166.